The lowest BCUT2D eigenvalue weighted by atomic mass is 9.83. The highest BCUT2D eigenvalue weighted by molar-refractivity contribution is 5.72. The maximum atomic E-state index is 11.1. The number of oxazole rings is 1. The molecule has 102 valence electrons. The van der Waals surface area contributed by atoms with Gasteiger partial charge in [-0.1, -0.05) is 19.9 Å². The van der Waals surface area contributed by atoms with Gasteiger partial charge in [-0.3, -0.25) is 9.78 Å². The lowest BCUT2D eigenvalue weighted by molar-refractivity contribution is -0.139. The first-order valence-electron chi connectivity index (χ1n) is 6.19. The summed E-state index contributed by atoms with van der Waals surface area (Å²) in [7, 11) is 0. The fraction of sp³-hybridized carbons (Fsp3) is 0.429. The minimum atomic E-state index is -0.780. The van der Waals surface area contributed by atoms with Gasteiger partial charge in [-0.05, 0) is 36.0 Å². The van der Waals surface area contributed by atoms with E-state index in [-0.39, 0.29) is 11.8 Å². The van der Waals surface area contributed by atoms with Crippen LogP contribution in [0.25, 0.3) is 11.1 Å². The summed E-state index contributed by atoms with van der Waals surface area (Å²) >= 11 is 0. The van der Waals surface area contributed by atoms with E-state index in [0.717, 1.165) is 18.4 Å². The van der Waals surface area contributed by atoms with Gasteiger partial charge in [0.25, 0.3) is 0 Å². The lowest BCUT2D eigenvalue weighted by Crippen LogP contribution is -2.17. The van der Waals surface area contributed by atoms with Crippen LogP contribution in [0.2, 0.25) is 0 Å². The molecule has 0 spiro atoms. The monoisotopic (exact) mass is 263 g/mol. The Labute approximate surface area is 110 Å². The quantitative estimate of drug-likeness (QED) is 0.868. The number of aliphatic carboxylic acids is 1. The van der Waals surface area contributed by atoms with E-state index in [1.807, 2.05) is 26.0 Å². The Kier molecular flexibility index (Phi) is 3.46. The molecule has 0 unspecified atom stereocenters. The Morgan fingerprint density at radius 3 is 2.84 bits per heavy atom. The zero-order valence-electron chi connectivity index (χ0n) is 11.0. The van der Waals surface area contributed by atoms with Crippen LogP contribution in [0.1, 0.15) is 32.3 Å². The molecule has 2 rings (SSSR count). The molecule has 0 bridgehead atoms. The number of aromatic amines is 1. The van der Waals surface area contributed by atoms with Crippen LogP contribution >= 0.6 is 0 Å². The van der Waals surface area contributed by atoms with Crippen LogP contribution in [0.4, 0.5) is 0 Å². The van der Waals surface area contributed by atoms with Crippen molar-refractivity contribution in [2.24, 2.45) is 5.41 Å². The van der Waals surface area contributed by atoms with Gasteiger partial charge in [-0.2, -0.15) is 0 Å². The Bertz CT molecular complexity index is 651. The lowest BCUT2D eigenvalue weighted by Gasteiger charge is -2.22. The number of carbonyl (C=O) groups is 1. The number of carboxylic acid groups (broad SMARTS) is 1. The average molecular weight is 263 g/mol. The second kappa shape index (κ2) is 4.91. The Morgan fingerprint density at radius 1 is 1.42 bits per heavy atom. The van der Waals surface area contributed by atoms with Crippen LogP contribution in [0.5, 0.6) is 0 Å². The number of H-pyrrole nitrogens is 1. The molecule has 0 aliphatic rings. The standard InChI is InChI=1S/C14H17NO4/c1-14(2,8-12(16)17)6-5-9-3-4-10-11(7-9)19-13(18)15-10/h3-4,7H,5-6,8H2,1-2H3,(H,15,18)(H,16,17). The van der Waals surface area contributed by atoms with E-state index < -0.39 is 11.7 Å². The minimum absolute atomic E-state index is 0.147. The highest BCUT2D eigenvalue weighted by Crippen LogP contribution is 2.27. The van der Waals surface area contributed by atoms with E-state index in [1.165, 1.54) is 0 Å². The molecule has 1 aromatic heterocycles. The van der Waals surface area contributed by atoms with Gasteiger partial charge in [0.2, 0.25) is 0 Å². The SMILES string of the molecule is CC(C)(CCc1ccc2[nH]c(=O)oc2c1)CC(=O)O. The van der Waals surface area contributed by atoms with E-state index in [9.17, 15) is 9.59 Å². The molecule has 2 N–H and O–H groups in total. The molecule has 5 heteroatoms. The van der Waals surface area contributed by atoms with Crippen LogP contribution in [0, 0.1) is 5.41 Å². The number of nitrogens with one attached hydrogen (secondary N) is 1. The molecular weight excluding hydrogens is 246 g/mol. The molecule has 1 aromatic carbocycles. The van der Waals surface area contributed by atoms with Crippen LogP contribution in [-0.4, -0.2) is 16.1 Å². The fourth-order valence-corrected chi connectivity index (χ4v) is 2.13. The largest absolute Gasteiger partial charge is 0.481 e. The van der Waals surface area contributed by atoms with Gasteiger partial charge in [-0.25, -0.2) is 4.79 Å². The third-order valence-corrected chi connectivity index (χ3v) is 3.21. The average Bonchev–Trinajstić information content (AvgIpc) is 2.64. The van der Waals surface area contributed by atoms with Gasteiger partial charge in [-0.15, -0.1) is 0 Å². The molecular formula is C14H17NO4. The summed E-state index contributed by atoms with van der Waals surface area (Å²) in [6, 6.07) is 5.55. The second-order valence-electron chi connectivity index (χ2n) is 5.58. The van der Waals surface area contributed by atoms with Crippen molar-refractivity contribution in [2.75, 3.05) is 0 Å². The van der Waals surface area contributed by atoms with Crippen LogP contribution in [0.15, 0.2) is 27.4 Å². The molecule has 0 saturated heterocycles. The van der Waals surface area contributed by atoms with Gasteiger partial charge >= 0.3 is 11.7 Å². The number of aryl methyl sites for hydroxylation is 1. The summed E-state index contributed by atoms with van der Waals surface area (Å²) in [6.07, 6.45) is 1.67. The van der Waals surface area contributed by atoms with Crippen molar-refractivity contribution in [3.05, 3.63) is 34.3 Å². The molecule has 0 aliphatic carbocycles. The van der Waals surface area contributed by atoms with E-state index in [1.54, 1.807) is 6.07 Å². The highest BCUT2D eigenvalue weighted by Gasteiger charge is 2.21. The molecule has 0 aliphatic heterocycles. The van der Waals surface area contributed by atoms with Gasteiger partial charge in [0.05, 0.1) is 11.9 Å². The Hall–Kier alpha value is -2.04. The maximum Gasteiger partial charge on any atom is 0.417 e. The topological polar surface area (TPSA) is 83.3 Å². The van der Waals surface area contributed by atoms with Crippen molar-refractivity contribution in [2.45, 2.75) is 33.1 Å². The molecule has 19 heavy (non-hydrogen) atoms. The van der Waals surface area contributed by atoms with Crippen LogP contribution in [0.3, 0.4) is 0 Å². The predicted octanol–water partition coefficient (Wildman–Crippen LogP) is 2.55. The van der Waals surface area contributed by atoms with Gasteiger partial charge < -0.3 is 9.52 Å². The first-order valence-corrected chi connectivity index (χ1v) is 6.19. The summed E-state index contributed by atoms with van der Waals surface area (Å²) in [6.45, 7) is 3.88. The Balaban J connectivity index is 2.09. The highest BCUT2D eigenvalue weighted by atomic mass is 16.4. The number of hydrogen-bond donors (Lipinski definition) is 2. The smallest absolute Gasteiger partial charge is 0.417 e. The molecule has 0 radical (unpaired) electrons. The van der Waals surface area contributed by atoms with Crippen LogP contribution < -0.4 is 5.76 Å². The number of fused-ring (bicyclic) bond motifs is 1. The van der Waals surface area contributed by atoms with Gasteiger partial charge in [0, 0.05) is 0 Å². The third kappa shape index (κ3) is 3.47. The molecule has 0 saturated carbocycles. The van der Waals surface area contributed by atoms with Crippen molar-refractivity contribution in [1.82, 2.24) is 4.98 Å². The maximum absolute atomic E-state index is 11.1. The summed E-state index contributed by atoms with van der Waals surface area (Å²) in [4.78, 5) is 24.4. The number of rotatable bonds is 5. The summed E-state index contributed by atoms with van der Waals surface area (Å²) in [5, 5.41) is 8.84. The molecule has 2 aromatic rings. The summed E-state index contributed by atoms with van der Waals surface area (Å²) in [5.74, 6) is -1.24. The van der Waals surface area contributed by atoms with E-state index in [4.69, 9.17) is 9.52 Å². The summed E-state index contributed by atoms with van der Waals surface area (Å²) < 4.78 is 5.00. The fourth-order valence-electron chi connectivity index (χ4n) is 2.13. The first-order chi connectivity index (χ1) is 8.85. The van der Waals surface area contributed by atoms with Crippen molar-refractivity contribution >= 4 is 17.1 Å². The number of hydrogen-bond acceptors (Lipinski definition) is 3. The van der Waals surface area contributed by atoms with Crippen molar-refractivity contribution in [3.8, 4) is 0 Å². The van der Waals surface area contributed by atoms with E-state index >= 15 is 0 Å². The zero-order chi connectivity index (χ0) is 14.0. The van der Waals surface area contributed by atoms with Crippen LogP contribution in [-0.2, 0) is 11.2 Å². The van der Waals surface area contributed by atoms with Gasteiger partial charge in [0.15, 0.2) is 5.58 Å². The molecule has 0 atom stereocenters. The zero-order valence-corrected chi connectivity index (χ0v) is 11.0. The summed E-state index contributed by atoms with van der Waals surface area (Å²) in [5.41, 5.74) is 2.01. The second-order valence-corrected chi connectivity index (χ2v) is 5.58. The minimum Gasteiger partial charge on any atom is -0.481 e. The van der Waals surface area contributed by atoms with E-state index in [0.29, 0.717) is 11.1 Å². The van der Waals surface area contributed by atoms with E-state index in [2.05, 4.69) is 4.98 Å². The molecule has 0 amide bonds. The van der Waals surface area contributed by atoms with Crippen molar-refractivity contribution in [1.29, 1.82) is 0 Å². The molecule has 0 fully saturated rings. The predicted molar refractivity (Wildman–Crippen MR) is 71.2 cm³/mol. The number of aromatic nitrogens is 1. The number of benzene rings is 1. The van der Waals surface area contributed by atoms with Gasteiger partial charge in [0.1, 0.15) is 0 Å². The third-order valence-electron chi connectivity index (χ3n) is 3.21. The molecule has 1 heterocycles. The normalized spacial score (nSPS) is 11.9. The first kappa shape index (κ1) is 13.4. The van der Waals surface area contributed by atoms with Crippen molar-refractivity contribution < 1.29 is 14.3 Å². The van der Waals surface area contributed by atoms with Crippen molar-refractivity contribution in [3.63, 3.8) is 0 Å². The Morgan fingerprint density at radius 2 is 2.16 bits per heavy atom. The number of carboxylic acids is 1. The molecule has 5 nitrogen and oxygen atoms in total.